The van der Waals surface area contributed by atoms with Crippen LogP contribution in [0.3, 0.4) is 0 Å². The molecule has 1 unspecified atom stereocenters. The van der Waals surface area contributed by atoms with Gasteiger partial charge in [-0.3, -0.25) is 4.79 Å². The molecule has 0 aliphatic carbocycles. The number of ether oxygens (including phenoxy) is 1. The van der Waals surface area contributed by atoms with E-state index in [4.69, 9.17) is 4.74 Å². The average molecular weight is 215 g/mol. The Hall–Kier alpha value is -1.06. The van der Waals surface area contributed by atoms with Crippen LogP contribution in [-0.4, -0.2) is 24.5 Å². The van der Waals surface area contributed by atoms with Crippen molar-refractivity contribution in [2.75, 3.05) is 7.11 Å². The van der Waals surface area contributed by atoms with Gasteiger partial charge >= 0.3 is 5.97 Å². The number of rotatable bonds is 3. The van der Waals surface area contributed by atoms with Crippen molar-refractivity contribution in [2.45, 2.75) is 46.6 Å². The molecule has 0 aliphatic rings. The van der Waals surface area contributed by atoms with Gasteiger partial charge in [-0.05, 0) is 11.8 Å². The predicted molar refractivity (Wildman–Crippen MR) is 58.3 cm³/mol. The molecule has 0 saturated carbocycles. The van der Waals surface area contributed by atoms with Gasteiger partial charge in [0, 0.05) is 6.92 Å². The molecule has 0 saturated heterocycles. The Balaban J connectivity index is 5.30. The lowest BCUT2D eigenvalue weighted by Crippen LogP contribution is -2.62. The van der Waals surface area contributed by atoms with Gasteiger partial charge in [0.25, 0.3) is 0 Å². The predicted octanol–water partition coefficient (Wildman–Crippen LogP) is 1.49. The third-order valence-corrected chi connectivity index (χ3v) is 2.73. The lowest BCUT2D eigenvalue weighted by molar-refractivity contribution is -0.156. The molecular formula is C11H21NO3. The van der Waals surface area contributed by atoms with E-state index in [2.05, 4.69) is 5.32 Å². The van der Waals surface area contributed by atoms with Gasteiger partial charge in [-0.15, -0.1) is 0 Å². The minimum Gasteiger partial charge on any atom is -0.467 e. The van der Waals surface area contributed by atoms with Crippen LogP contribution in [0, 0.1) is 5.41 Å². The van der Waals surface area contributed by atoms with E-state index < -0.39 is 11.5 Å². The summed E-state index contributed by atoms with van der Waals surface area (Å²) < 4.78 is 4.78. The van der Waals surface area contributed by atoms with Crippen molar-refractivity contribution in [3.63, 3.8) is 0 Å². The molecule has 1 N–H and O–H groups in total. The Morgan fingerprint density at radius 1 is 1.27 bits per heavy atom. The molecule has 0 spiro atoms. The summed E-state index contributed by atoms with van der Waals surface area (Å²) in [5, 5.41) is 2.72. The zero-order valence-electron chi connectivity index (χ0n) is 10.4. The summed E-state index contributed by atoms with van der Waals surface area (Å²) in [4.78, 5) is 23.0. The van der Waals surface area contributed by atoms with Gasteiger partial charge in [0.15, 0.2) is 0 Å². The molecule has 0 aliphatic heterocycles. The fourth-order valence-electron chi connectivity index (χ4n) is 1.78. The van der Waals surface area contributed by atoms with Gasteiger partial charge in [-0.25, -0.2) is 4.79 Å². The van der Waals surface area contributed by atoms with Crippen molar-refractivity contribution < 1.29 is 14.3 Å². The van der Waals surface area contributed by atoms with E-state index in [0.29, 0.717) is 6.42 Å². The fourth-order valence-corrected chi connectivity index (χ4v) is 1.78. The maximum atomic E-state index is 11.8. The number of carbonyl (C=O) groups is 2. The third kappa shape index (κ3) is 2.70. The third-order valence-electron chi connectivity index (χ3n) is 2.73. The van der Waals surface area contributed by atoms with Crippen LogP contribution in [0.25, 0.3) is 0 Å². The van der Waals surface area contributed by atoms with Crippen molar-refractivity contribution in [3.05, 3.63) is 0 Å². The van der Waals surface area contributed by atoms with Crippen molar-refractivity contribution in [2.24, 2.45) is 5.41 Å². The molecule has 1 atom stereocenters. The Morgan fingerprint density at radius 3 is 1.93 bits per heavy atom. The standard InChI is InChI=1S/C11H21NO3/c1-7-11(9(14)15-6,10(3,4)5)12-8(2)13/h7H2,1-6H3,(H,12,13). The van der Waals surface area contributed by atoms with E-state index >= 15 is 0 Å². The van der Waals surface area contributed by atoms with Crippen LogP contribution in [0.2, 0.25) is 0 Å². The number of esters is 1. The monoisotopic (exact) mass is 215 g/mol. The smallest absolute Gasteiger partial charge is 0.332 e. The Bertz CT molecular complexity index is 255. The van der Waals surface area contributed by atoms with Crippen molar-refractivity contribution >= 4 is 11.9 Å². The van der Waals surface area contributed by atoms with E-state index in [-0.39, 0.29) is 11.3 Å². The molecule has 88 valence electrons. The molecule has 0 aromatic heterocycles. The maximum absolute atomic E-state index is 11.8. The summed E-state index contributed by atoms with van der Waals surface area (Å²) in [7, 11) is 1.33. The Labute approximate surface area is 91.4 Å². The zero-order valence-corrected chi connectivity index (χ0v) is 10.4. The molecule has 1 amide bonds. The summed E-state index contributed by atoms with van der Waals surface area (Å²) in [6.07, 6.45) is 0.503. The number of amides is 1. The first kappa shape index (κ1) is 13.9. The van der Waals surface area contributed by atoms with E-state index in [9.17, 15) is 9.59 Å². The molecule has 0 rings (SSSR count). The van der Waals surface area contributed by atoms with Gasteiger partial charge in [-0.1, -0.05) is 27.7 Å². The molecule has 4 heteroatoms. The summed E-state index contributed by atoms with van der Waals surface area (Å²) in [6.45, 7) is 8.98. The van der Waals surface area contributed by atoms with Crippen LogP contribution in [0.4, 0.5) is 0 Å². The van der Waals surface area contributed by atoms with Crippen LogP contribution < -0.4 is 5.32 Å². The number of nitrogens with one attached hydrogen (secondary N) is 1. The molecular weight excluding hydrogens is 194 g/mol. The van der Waals surface area contributed by atoms with Crippen molar-refractivity contribution in [1.82, 2.24) is 5.32 Å². The largest absolute Gasteiger partial charge is 0.467 e. The summed E-state index contributed by atoms with van der Waals surface area (Å²) in [5.74, 6) is -0.620. The number of hydrogen-bond acceptors (Lipinski definition) is 3. The highest BCUT2D eigenvalue weighted by Gasteiger charge is 2.48. The highest BCUT2D eigenvalue weighted by Crippen LogP contribution is 2.34. The molecule has 15 heavy (non-hydrogen) atoms. The second-order valence-electron chi connectivity index (χ2n) is 4.68. The minimum atomic E-state index is -0.951. The summed E-state index contributed by atoms with van der Waals surface area (Å²) >= 11 is 0. The highest BCUT2D eigenvalue weighted by atomic mass is 16.5. The highest BCUT2D eigenvalue weighted by molar-refractivity contribution is 5.88. The summed E-state index contributed by atoms with van der Waals surface area (Å²) in [6, 6.07) is 0. The second-order valence-corrected chi connectivity index (χ2v) is 4.68. The quantitative estimate of drug-likeness (QED) is 0.726. The molecule has 0 radical (unpaired) electrons. The van der Waals surface area contributed by atoms with Crippen LogP contribution >= 0.6 is 0 Å². The molecule has 4 nitrogen and oxygen atoms in total. The normalized spacial score (nSPS) is 15.3. The number of hydrogen-bond donors (Lipinski definition) is 1. The molecule has 0 fully saturated rings. The fraction of sp³-hybridized carbons (Fsp3) is 0.818. The maximum Gasteiger partial charge on any atom is 0.332 e. The Kier molecular flexibility index (Phi) is 4.31. The van der Waals surface area contributed by atoms with E-state index in [0.717, 1.165) is 0 Å². The number of methoxy groups -OCH3 is 1. The first-order valence-corrected chi connectivity index (χ1v) is 5.08. The van der Waals surface area contributed by atoms with Crippen LogP contribution in [0.1, 0.15) is 41.0 Å². The van der Waals surface area contributed by atoms with Gasteiger partial charge in [0.1, 0.15) is 5.54 Å². The number of carbonyl (C=O) groups excluding carboxylic acids is 2. The second kappa shape index (κ2) is 4.64. The van der Waals surface area contributed by atoms with Gasteiger partial charge in [0.2, 0.25) is 5.91 Å². The molecule has 0 aromatic carbocycles. The van der Waals surface area contributed by atoms with Gasteiger partial charge in [0.05, 0.1) is 7.11 Å². The van der Waals surface area contributed by atoms with E-state index in [1.54, 1.807) is 0 Å². The lowest BCUT2D eigenvalue weighted by atomic mass is 9.71. The minimum absolute atomic E-state index is 0.225. The van der Waals surface area contributed by atoms with Gasteiger partial charge in [-0.2, -0.15) is 0 Å². The van der Waals surface area contributed by atoms with Gasteiger partial charge < -0.3 is 10.1 Å². The van der Waals surface area contributed by atoms with Crippen LogP contribution in [0.15, 0.2) is 0 Å². The van der Waals surface area contributed by atoms with Crippen LogP contribution in [-0.2, 0) is 14.3 Å². The van der Waals surface area contributed by atoms with E-state index in [1.807, 2.05) is 27.7 Å². The SMILES string of the molecule is CCC(NC(C)=O)(C(=O)OC)C(C)(C)C. The van der Waals surface area contributed by atoms with Crippen molar-refractivity contribution in [1.29, 1.82) is 0 Å². The Morgan fingerprint density at radius 2 is 1.73 bits per heavy atom. The topological polar surface area (TPSA) is 55.4 Å². The first-order valence-electron chi connectivity index (χ1n) is 5.08. The summed E-state index contributed by atoms with van der Waals surface area (Å²) in [5.41, 5.74) is -1.34. The zero-order chi connectivity index (χ0) is 12.3. The molecule has 0 heterocycles. The van der Waals surface area contributed by atoms with Crippen LogP contribution in [0.5, 0.6) is 0 Å². The van der Waals surface area contributed by atoms with E-state index in [1.165, 1.54) is 14.0 Å². The molecule has 0 bridgehead atoms. The molecule has 0 aromatic rings. The first-order chi connectivity index (χ1) is 6.71. The average Bonchev–Trinajstić information content (AvgIpc) is 2.10. The lowest BCUT2D eigenvalue weighted by Gasteiger charge is -2.41. The van der Waals surface area contributed by atoms with Crippen molar-refractivity contribution in [3.8, 4) is 0 Å².